The molecule has 1 aliphatic heterocycles. The van der Waals surface area contributed by atoms with Crippen LogP contribution >= 0.6 is 0 Å². The number of hydrogen-bond acceptors (Lipinski definition) is 3. The van der Waals surface area contributed by atoms with Crippen LogP contribution in [0.5, 0.6) is 11.5 Å². The lowest BCUT2D eigenvalue weighted by molar-refractivity contribution is 0.483. The lowest BCUT2D eigenvalue weighted by atomic mass is 10.0. The van der Waals surface area contributed by atoms with Crippen LogP contribution < -0.4 is 4.74 Å². The Morgan fingerprint density at radius 2 is 1.81 bits per heavy atom. The van der Waals surface area contributed by atoms with Crippen molar-refractivity contribution in [2.45, 2.75) is 32.1 Å². The van der Waals surface area contributed by atoms with E-state index in [0.717, 1.165) is 47.2 Å². The van der Waals surface area contributed by atoms with E-state index in [1.165, 1.54) is 36.8 Å². The van der Waals surface area contributed by atoms with Crippen LogP contribution in [0.2, 0.25) is 0 Å². The zero-order valence-corrected chi connectivity index (χ0v) is 15.3. The molecule has 3 aromatic rings. The number of H-pyrrole nitrogens is 1. The number of aliphatic imine (C=N–C) groups is 1. The van der Waals surface area contributed by atoms with Crippen LogP contribution in [0.25, 0.3) is 16.6 Å². The van der Waals surface area contributed by atoms with Gasteiger partial charge in [0, 0.05) is 18.7 Å². The summed E-state index contributed by atoms with van der Waals surface area (Å²) in [5.41, 5.74) is 4.50. The minimum Gasteiger partial charge on any atom is -0.457 e. The van der Waals surface area contributed by atoms with E-state index in [9.17, 15) is 0 Å². The van der Waals surface area contributed by atoms with Gasteiger partial charge in [-0.1, -0.05) is 37.8 Å². The quantitative estimate of drug-likeness (QED) is 0.650. The number of nitrogens with one attached hydrogen (secondary N) is 1. The van der Waals surface area contributed by atoms with Gasteiger partial charge in [-0.05, 0) is 47.4 Å². The van der Waals surface area contributed by atoms with Crippen molar-refractivity contribution in [3.05, 3.63) is 59.9 Å². The predicted molar refractivity (Wildman–Crippen MR) is 110 cm³/mol. The molecule has 27 heavy (non-hydrogen) atoms. The molecule has 0 saturated heterocycles. The van der Waals surface area contributed by atoms with Gasteiger partial charge < -0.3 is 9.72 Å². The van der Waals surface area contributed by atoms with E-state index in [-0.39, 0.29) is 0 Å². The molecule has 1 aromatic heterocycles. The Bertz CT molecular complexity index is 1010. The molecule has 0 spiro atoms. The number of rotatable bonds is 5. The van der Waals surface area contributed by atoms with E-state index in [2.05, 4.69) is 28.2 Å². The highest BCUT2D eigenvalue weighted by Gasteiger charge is 2.17. The molecular weight excluding hydrogens is 334 g/mol. The molecule has 0 radical (unpaired) electrons. The third-order valence-electron chi connectivity index (χ3n) is 5.56. The zero-order chi connectivity index (χ0) is 18.1. The Kier molecular flexibility index (Phi) is 4.24. The summed E-state index contributed by atoms with van der Waals surface area (Å²) in [6.45, 7) is 0.764. The van der Waals surface area contributed by atoms with E-state index < -0.39 is 0 Å². The first kappa shape index (κ1) is 16.3. The number of benzene rings is 2. The summed E-state index contributed by atoms with van der Waals surface area (Å²) in [4.78, 5) is 12.5. The van der Waals surface area contributed by atoms with Gasteiger partial charge in [-0.3, -0.25) is 4.99 Å². The molecule has 0 bridgehead atoms. The molecular formula is C23H23N3O. The Labute approximate surface area is 159 Å². The number of aromatic nitrogens is 2. The SMILES string of the molecule is C1=NCC(c2ccc(Oc3ccc4nc(CC5CCCC5)[nH]c4c3)cc2)=C1. The fourth-order valence-corrected chi connectivity index (χ4v) is 4.10. The topological polar surface area (TPSA) is 50.3 Å². The van der Waals surface area contributed by atoms with Crippen molar-refractivity contribution in [1.82, 2.24) is 9.97 Å². The smallest absolute Gasteiger partial charge is 0.129 e. The fourth-order valence-electron chi connectivity index (χ4n) is 4.10. The van der Waals surface area contributed by atoms with Gasteiger partial charge in [-0.15, -0.1) is 0 Å². The highest BCUT2D eigenvalue weighted by Crippen LogP contribution is 2.30. The molecule has 136 valence electrons. The molecule has 0 atom stereocenters. The summed E-state index contributed by atoms with van der Waals surface area (Å²) in [5, 5.41) is 0. The van der Waals surface area contributed by atoms with Gasteiger partial charge in [-0.2, -0.15) is 0 Å². The normalized spacial score (nSPS) is 17.0. The standard InChI is InChI=1S/C23H23N3O/c1-2-4-16(3-1)13-23-25-21-10-9-20(14-22(21)26-23)27-19-7-5-17(6-8-19)18-11-12-24-15-18/h5-12,14,16H,1-4,13,15H2,(H,25,26). The first-order valence-electron chi connectivity index (χ1n) is 9.79. The molecule has 1 saturated carbocycles. The number of ether oxygens (including phenoxy) is 1. The van der Waals surface area contributed by atoms with Crippen LogP contribution in [0.15, 0.2) is 53.5 Å². The minimum atomic E-state index is 0.764. The van der Waals surface area contributed by atoms with Gasteiger partial charge in [0.2, 0.25) is 0 Å². The van der Waals surface area contributed by atoms with Gasteiger partial charge in [0.25, 0.3) is 0 Å². The Balaban J connectivity index is 1.31. The van der Waals surface area contributed by atoms with E-state index in [0.29, 0.717) is 0 Å². The molecule has 5 rings (SSSR count). The number of nitrogens with zero attached hydrogens (tertiary/aromatic N) is 2. The number of hydrogen-bond donors (Lipinski definition) is 1. The highest BCUT2D eigenvalue weighted by molar-refractivity contribution is 5.89. The number of aromatic amines is 1. The van der Waals surface area contributed by atoms with Crippen molar-refractivity contribution in [1.29, 1.82) is 0 Å². The molecule has 0 amide bonds. The monoisotopic (exact) mass is 357 g/mol. The van der Waals surface area contributed by atoms with E-state index in [4.69, 9.17) is 9.72 Å². The lowest BCUT2D eigenvalue weighted by Gasteiger charge is -2.07. The molecule has 2 aromatic carbocycles. The number of imidazole rings is 1. The average Bonchev–Trinajstić information content (AvgIpc) is 3.44. The fraction of sp³-hybridized carbons (Fsp3) is 0.304. The van der Waals surface area contributed by atoms with E-state index >= 15 is 0 Å². The van der Waals surface area contributed by atoms with Gasteiger partial charge in [0.1, 0.15) is 17.3 Å². The van der Waals surface area contributed by atoms with Crippen LogP contribution in [-0.2, 0) is 6.42 Å². The van der Waals surface area contributed by atoms with Crippen LogP contribution in [-0.4, -0.2) is 22.7 Å². The van der Waals surface area contributed by atoms with Gasteiger partial charge in [0.05, 0.1) is 17.6 Å². The maximum Gasteiger partial charge on any atom is 0.129 e. The zero-order valence-electron chi connectivity index (χ0n) is 15.3. The number of allylic oxidation sites excluding steroid dienone is 1. The van der Waals surface area contributed by atoms with Crippen molar-refractivity contribution in [3.63, 3.8) is 0 Å². The Morgan fingerprint density at radius 1 is 1.00 bits per heavy atom. The molecule has 2 aliphatic rings. The van der Waals surface area contributed by atoms with Gasteiger partial charge >= 0.3 is 0 Å². The predicted octanol–water partition coefficient (Wildman–Crippen LogP) is 5.56. The second-order valence-corrected chi connectivity index (χ2v) is 7.53. The maximum atomic E-state index is 6.05. The van der Waals surface area contributed by atoms with E-state index in [1.54, 1.807) is 0 Å². The first-order valence-corrected chi connectivity index (χ1v) is 9.79. The lowest BCUT2D eigenvalue weighted by Crippen LogP contribution is -2.00. The first-order chi connectivity index (χ1) is 13.3. The molecule has 1 aliphatic carbocycles. The maximum absolute atomic E-state index is 6.05. The van der Waals surface area contributed by atoms with Crippen LogP contribution in [0.3, 0.4) is 0 Å². The summed E-state index contributed by atoms with van der Waals surface area (Å²) in [7, 11) is 0. The van der Waals surface area contributed by atoms with E-state index in [1.807, 2.05) is 36.5 Å². The molecule has 2 heterocycles. The highest BCUT2D eigenvalue weighted by atomic mass is 16.5. The van der Waals surface area contributed by atoms with Crippen molar-refractivity contribution < 1.29 is 4.74 Å². The second-order valence-electron chi connectivity index (χ2n) is 7.53. The van der Waals surface area contributed by atoms with Crippen molar-refractivity contribution in [3.8, 4) is 11.5 Å². The minimum absolute atomic E-state index is 0.764. The second kappa shape index (κ2) is 7.03. The van der Waals surface area contributed by atoms with Gasteiger partial charge in [0.15, 0.2) is 0 Å². The summed E-state index contributed by atoms with van der Waals surface area (Å²) in [6, 6.07) is 14.3. The van der Waals surface area contributed by atoms with Crippen molar-refractivity contribution >= 4 is 22.8 Å². The Hall–Kier alpha value is -2.88. The largest absolute Gasteiger partial charge is 0.457 e. The summed E-state index contributed by atoms with van der Waals surface area (Å²) in [6.07, 6.45) is 10.4. The molecule has 4 heteroatoms. The van der Waals surface area contributed by atoms with Crippen LogP contribution in [0.4, 0.5) is 0 Å². The van der Waals surface area contributed by atoms with Crippen LogP contribution in [0, 0.1) is 5.92 Å². The van der Waals surface area contributed by atoms with Gasteiger partial charge in [-0.25, -0.2) is 4.98 Å². The summed E-state index contributed by atoms with van der Waals surface area (Å²) >= 11 is 0. The molecule has 1 fully saturated rings. The Morgan fingerprint density at radius 3 is 2.59 bits per heavy atom. The van der Waals surface area contributed by atoms with Crippen molar-refractivity contribution in [2.24, 2.45) is 10.9 Å². The molecule has 0 unspecified atom stereocenters. The third-order valence-corrected chi connectivity index (χ3v) is 5.56. The molecule has 4 nitrogen and oxygen atoms in total. The van der Waals surface area contributed by atoms with Crippen molar-refractivity contribution in [2.75, 3.05) is 6.54 Å². The number of fused-ring (bicyclic) bond motifs is 1. The third kappa shape index (κ3) is 3.52. The molecule has 1 N–H and O–H groups in total. The van der Waals surface area contributed by atoms with Crippen LogP contribution in [0.1, 0.15) is 37.1 Å². The summed E-state index contributed by atoms with van der Waals surface area (Å²) < 4.78 is 6.05. The average molecular weight is 357 g/mol. The summed E-state index contributed by atoms with van der Waals surface area (Å²) in [5.74, 6) is 3.56.